The Labute approximate surface area is 208 Å². The molecule has 1 fully saturated rings. The third-order valence-corrected chi connectivity index (χ3v) is 6.32. The second kappa shape index (κ2) is 11.7. The zero-order valence-corrected chi connectivity index (χ0v) is 19.8. The fourth-order valence-corrected chi connectivity index (χ4v) is 4.25. The van der Waals surface area contributed by atoms with Gasteiger partial charge in [-0.15, -0.1) is 0 Å². The summed E-state index contributed by atoms with van der Waals surface area (Å²) in [5.41, 5.74) is 1.74. The highest BCUT2D eigenvalue weighted by molar-refractivity contribution is 6.30. The van der Waals surface area contributed by atoms with Gasteiger partial charge in [0.05, 0.1) is 0 Å². The van der Waals surface area contributed by atoms with Crippen LogP contribution in [0.5, 0.6) is 0 Å². The highest BCUT2D eigenvalue weighted by atomic mass is 35.5. The molecule has 1 aliphatic heterocycles. The lowest BCUT2D eigenvalue weighted by Crippen LogP contribution is -2.45. The van der Waals surface area contributed by atoms with Gasteiger partial charge >= 0.3 is 6.03 Å². The summed E-state index contributed by atoms with van der Waals surface area (Å²) in [7, 11) is 0. The van der Waals surface area contributed by atoms with Crippen molar-refractivity contribution in [2.24, 2.45) is 5.92 Å². The molecule has 3 N–H and O–H groups in total. The molecular formula is C26H27ClFN5O2. The molecule has 35 heavy (non-hydrogen) atoms. The maximum absolute atomic E-state index is 14.5. The number of carbonyl (C=O) groups is 2. The van der Waals surface area contributed by atoms with Gasteiger partial charge in [0.2, 0.25) is 5.91 Å². The van der Waals surface area contributed by atoms with Crippen LogP contribution < -0.4 is 20.9 Å². The topological polar surface area (TPSA) is 86.4 Å². The van der Waals surface area contributed by atoms with Gasteiger partial charge in [-0.2, -0.15) is 0 Å². The molecule has 2 heterocycles. The first-order valence-electron chi connectivity index (χ1n) is 11.5. The monoisotopic (exact) mass is 495 g/mol. The van der Waals surface area contributed by atoms with Gasteiger partial charge in [0.15, 0.2) is 0 Å². The van der Waals surface area contributed by atoms with E-state index in [0.29, 0.717) is 23.2 Å². The summed E-state index contributed by atoms with van der Waals surface area (Å²) in [5, 5.41) is 8.70. The standard InChI is InChI=1S/C26H27ClFN5O2/c27-19-5-7-20(8-6-19)31-26(35)32-24(22-3-1-2-4-23(22)28)25(34)30-17-18-11-15-33(16-12-18)21-9-13-29-14-10-21/h1-10,13-14,18,24H,11-12,15-17H2,(H,30,34)(H2,31,32,35). The van der Waals surface area contributed by atoms with Crippen LogP contribution in [0.25, 0.3) is 0 Å². The van der Waals surface area contributed by atoms with Crippen LogP contribution in [0.15, 0.2) is 73.1 Å². The summed E-state index contributed by atoms with van der Waals surface area (Å²) >= 11 is 5.88. The first kappa shape index (κ1) is 24.5. The van der Waals surface area contributed by atoms with Crippen molar-refractivity contribution in [1.82, 2.24) is 15.6 Å². The first-order valence-corrected chi connectivity index (χ1v) is 11.9. The number of nitrogens with one attached hydrogen (secondary N) is 3. The smallest absolute Gasteiger partial charge is 0.320 e. The molecule has 0 radical (unpaired) electrons. The molecule has 2 aromatic carbocycles. The third kappa shape index (κ3) is 6.70. The minimum absolute atomic E-state index is 0.101. The Morgan fingerprint density at radius 2 is 1.71 bits per heavy atom. The number of hydrogen-bond acceptors (Lipinski definition) is 4. The van der Waals surface area contributed by atoms with E-state index >= 15 is 0 Å². The lowest BCUT2D eigenvalue weighted by molar-refractivity contribution is -0.123. The SMILES string of the molecule is O=C(Nc1ccc(Cl)cc1)NC(C(=O)NCC1CCN(c2ccncc2)CC1)c1ccccc1F. The third-order valence-electron chi connectivity index (χ3n) is 6.06. The molecule has 7 nitrogen and oxygen atoms in total. The highest BCUT2D eigenvalue weighted by Crippen LogP contribution is 2.23. The number of pyridine rings is 1. The van der Waals surface area contributed by atoms with Crippen molar-refractivity contribution in [3.05, 3.63) is 89.5 Å². The Morgan fingerprint density at radius 1 is 1.03 bits per heavy atom. The van der Waals surface area contributed by atoms with Crippen LogP contribution in [0.1, 0.15) is 24.4 Å². The number of urea groups is 1. The van der Waals surface area contributed by atoms with Crippen molar-refractivity contribution >= 4 is 34.9 Å². The van der Waals surface area contributed by atoms with Gasteiger partial charge in [-0.05, 0) is 61.2 Å². The fourth-order valence-electron chi connectivity index (χ4n) is 4.12. The molecule has 182 valence electrons. The van der Waals surface area contributed by atoms with E-state index in [-0.39, 0.29) is 5.56 Å². The molecule has 1 aliphatic rings. The number of carbonyl (C=O) groups excluding carboxylic acids is 2. The summed E-state index contributed by atoms with van der Waals surface area (Å²) in [4.78, 5) is 32.1. The van der Waals surface area contributed by atoms with E-state index in [9.17, 15) is 14.0 Å². The van der Waals surface area contributed by atoms with Crippen molar-refractivity contribution in [3.8, 4) is 0 Å². The molecule has 0 spiro atoms. The number of anilines is 2. The van der Waals surface area contributed by atoms with Gasteiger partial charge < -0.3 is 20.9 Å². The molecule has 1 unspecified atom stereocenters. The number of piperidine rings is 1. The minimum atomic E-state index is -1.18. The molecule has 1 saturated heterocycles. The van der Waals surface area contributed by atoms with Crippen LogP contribution in [-0.4, -0.2) is 36.6 Å². The fraction of sp³-hybridized carbons (Fsp3) is 0.269. The van der Waals surface area contributed by atoms with Gasteiger partial charge in [-0.3, -0.25) is 9.78 Å². The van der Waals surface area contributed by atoms with Gasteiger partial charge in [0.1, 0.15) is 11.9 Å². The Balaban J connectivity index is 1.36. The molecule has 0 saturated carbocycles. The Morgan fingerprint density at radius 3 is 2.40 bits per heavy atom. The van der Waals surface area contributed by atoms with Gasteiger partial charge in [-0.25, -0.2) is 9.18 Å². The van der Waals surface area contributed by atoms with E-state index in [4.69, 9.17) is 11.6 Å². The van der Waals surface area contributed by atoms with Crippen LogP contribution in [0.2, 0.25) is 5.02 Å². The predicted octanol–water partition coefficient (Wildman–Crippen LogP) is 4.77. The van der Waals surface area contributed by atoms with Crippen molar-refractivity contribution in [2.45, 2.75) is 18.9 Å². The summed E-state index contributed by atoms with van der Waals surface area (Å²) in [5.74, 6) is -0.732. The lowest BCUT2D eigenvalue weighted by atomic mass is 9.96. The maximum atomic E-state index is 14.5. The van der Waals surface area contributed by atoms with E-state index in [2.05, 4.69) is 25.8 Å². The summed E-state index contributed by atoms with van der Waals surface area (Å²) in [6.07, 6.45) is 5.38. The van der Waals surface area contributed by atoms with Crippen LogP contribution in [0.3, 0.4) is 0 Å². The zero-order valence-electron chi connectivity index (χ0n) is 19.1. The lowest BCUT2D eigenvalue weighted by Gasteiger charge is -2.33. The molecule has 1 atom stereocenters. The normalized spacial score (nSPS) is 14.7. The first-order chi connectivity index (χ1) is 17.0. The number of rotatable bonds is 7. The van der Waals surface area contributed by atoms with Gasteiger partial charge in [-0.1, -0.05) is 29.8 Å². The average Bonchev–Trinajstić information content (AvgIpc) is 2.88. The van der Waals surface area contributed by atoms with Crippen LogP contribution in [-0.2, 0) is 4.79 Å². The van der Waals surface area contributed by atoms with Gasteiger partial charge in [0.25, 0.3) is 0 Å². The van der Waals surface area contributed by atoms with E-state index < -0.39 is 23.8 Å². The number of nitrogens with zero attached hydrogens (tertiary/aromatic N) is 2. The van der Waals surface area contributed by atoms with Crippen LogP contribution in [0.4, 0.5) is 20.6 Å². The Kier molecular flexibility index (Phi) is 8.15. The maximum Gasteiger partial charge on any atom is 0.320 e. The number of aromatic nitrogens is 1. The largest absolute Gasteiger partial charge is 0.371 e. The Hall–Kier alpha value is -3.65. The molecule has 4 rings (SSSR count). The second-order valence-electron chi connectivity index (χ2n) is 8.44. The molecule has 0 bridgehead atoms. The number of amides is 3. The van der Waals surface area contributed by atoms with Crippen molar-refractivity contribution in [1.29, 1.82) is 0 Å². The van der Waals surface area contributed by atoms with Crippen LogP contribution in [0, 0.1) is 11.7 Å². The van der Waals surface area contributed by atoms with Crippen molar-refractivity contribution in [2.75, 3.05) is 29.9 Å². The highest BCUT2D eigenvalue weighted by Gasteiger charge is 2.27. The molecule has 0 aliphatic carbocycles. The zero-order chi connectivity index (χ0) is 24.6. The van der Waals surface area contributed by atoms with Crippen molar-refractivity contribution < 1.29 is 14.0 Å². The van der Waals surface area contributed by atoms with Crippen molar-refractivity contribution in [3.63, 3.8) is 0 Å². The molecule has 9 heteroatoms. The summed E-state index contributed by atoms with van der Waals surface area (Å²) in [6, 6.07) is 14.7. The average molecular weight is 496 g/mol. The number of hydrogen-bond donors (Lipinski definition) is 3. The summed E-state index contributed by atoms with van der Waals surface area (Å²) < 4.78 is 14.5. The van der Waals surface area contributed by atoms with Gasteiger partial charge in [0, 0.05) is 54.0 Å². The minimum Gasteiger partial charge on any atom is -0.371 e. The molecule has 3 aromatic rings. The molecule has 3 amide bonds. The number of halogens is 2. The molecular weight excluding hydrogens is 469 g/mol. The van der Waals surface area contributed by atoms with E-state index in [1.807, 2.05) is 12.1 Å². The summed E-state index contributed by atoms with van der Waals surface area (Å²) in [6.45, 7) is 2.21. The van der Waals surface area contributed by atoms with Crippen LogP contribution >= 0.6 is 11.6 Å². The second-order valence-corrected chi connectivity index (χ2v) is 8.88. The predicted molar refractivity (Wildman–Crippen MR) is 135 cm³/mol. The number of benzene rings is 2. The van der Waals surface area contributed by atoms with E-state index in [1.165, 1.54) is 18.2 Å². The Bertz CT molecular complexity index is 1140. The molecule has 1 aromatic heterocycles. The van der Waals surface area contributed by atoms with E-state index in [0.717, 1.165) is 31.6 Å². The quantitative estimate of drug-likeness (QED) is 0.440. The van der Waals surface area contributed by atoms with E-state index in [1.54, 1.807) is 42.7 Å².